The van der Waals surface area contributed by atoms with E-state index in [4.69, 9.17) is 9.47 Å². The van der Waals surface area contributed by atoms with E-state index in [1.807, 2.05) is 0 Å². The van der Waals surface area contributed by atoms with E-state index < -0.39 is 11.6 Å². The molecule has 0 spiro atoms. The fourth-order valence-corrected chi connectivity index (χ4v) is 2.64. The minimum Gasteiger partial charge on any atom is -0.496 e. The zero-order valence-electron chi connectivity index (χ0n) is 15.4. The van der Waals surface area contributed by atoms with Gasteiger partial charge < -0.3 is 9.47 Å². The van der Waals surface area contributed by atoms with Crippen LogP contribution < -0.4 is 9.47 Å². The minimum atomic E-state index is -0.781. The first-order chi connectivity index (χ1) is 13.5. The van der Waals surface area contributed by atoms with E-state index in [1.165, 1.54) is 23.9 Å². The summed E-state index contributed by atoms with van der Waals surface area (Å²) in [5.41, 5.74) is 1.87. The molecule has 0 aliphatic carbocycles. The average Bonchev–Trinajstić information content (AvgIpc) is 3.11. The molecule has 1 aromatic heterocycles. The summed E-state index contributed by atoms with van der Waals surface area (Å²) in [6.07, 6.45) is 4.67. The monoisotopic (exact) mass is 384 g/mol. The van der Waals surface area contributed by atoms with Crippen LogP contribution in [0, 0.1) is 11.6 Å². The Hall–Kier alpha value is -3.48. The van der Waals surface area contributed by atoms with Gasteiger partial charge in [-0.05, 0) is 42.0 Å². The molecule has 0 N–H and O–H groups in total. The van der Waals surface area contributed by atoms with Crippen LogP contribution in [0.15, 0.2) is 54.7 Å². The Morgan fingerprint density at radius 2 is 1.93 bits per heavy atom. The highest BCUT2D eigenvalue weighted by Gasteiger charge is 2.10. The van der Waals surface area contributed by atoms with Gasteiger partial charge in [-0.25, -0.2) is 8.78 Å². The van der Waals surface area contributed by atoms with Crippen LogP contribution >= 0.6 is 0 Å². The topological polar surface area (TPSA) is 53.3 Å². The number of allylic oxidation sites excluding steroid dienone is 1. The van der Waals surface area contributed by atoms with Gasteiger partial charge in [-0.1, -0.05) is 12.1 Å². The first-order valence-electron chi connectivity index (χ1n) is 8.43. The molecule has 0 radical (unpaired) electrons. The molecule has 0 bridgehead atoms. The second-order valence-electron chi connectivity index (χ2n) is 5.97. The largest absolute Gasteiger partial charge is 0.496 e. The quantitative estimate of drug-likeness (QED) is 0.453. The molecule has 1 heterocycles. The number of hydrogen-bond acceptors (Lipinski definition) is 4. The number of aryl methyl sites for hydroxylation is 1. The van der Waals surface area contributed by atoms with Crippen LogP contribution in [-0.2, 0) is 13.7 Å². The van der Waals surface area contributed by atoms with Crippen molar-refractivity contribution in [1.82, 2.24) is 9.78 Å². The number of rotatable bonds is 7. The molecular weight excluding hydrogens is 366 g/mol. The molecule has 0 unspecified atom stereocenters. The molecule has 28 heavy (non-hydrogen) atoms. The molecule has 0 amide bonds. The molecule has 0 saturated carbocycles. The SMILES string of the molecule is COc1ccc(C=CC(=O)c2ccnn2C)cc1COc1ccc(F)cc1F. The first-order valence-corrected chi connectivity index (χ1v) is 8.43. The fourth-order valence-electron chi connectivity index (χ4n) is 2.64. The second kappa shape index (κ2) is 8.47. The van der Waals surface area contributed by atoms with Gasteiger partial charge >= 0.3 is 0 Å². The summed E-state index contributed by atoms with van der Waals surface area (Å²) in [7, 11) is 3.21. The van der Waals surface area contributed by atoms with Crippen LogP contribution in [0.1, 0.15) is 21.6 Å². The van der Waals surface area contributed by atoms with Crippen molar-refractivity contribution in [2.75, 3.05) is 7.11 Å². The Balaban J connectivity index is 1.77. The molecule has 3 rings (SSSR count). The Bertz CT molecular complexity index is 1030. The molecule has 2 aromatic carbocycles. The van der Waals surface area contributed by atoms with E-state index in [2.05, 4.69) is 5.10 Å². The van der Waals surface area contributed by atoms with Crippen molar-refractivity contribution in [1.29, 1.82) is 0 Å². The summed E-state index contributed by atoms with van der Waals surface area (Å²) in [6.45, 7) is 0.0169. The highest BCUT2D eigenvalue weighted by atomic mass is 19.1. The molecule has 0 fully saturated rings. The second-order valence-corrected chi connectivity index (χ2v) is 5.97. The zero-order valence-corrected chi connectivity index (χ0v) is 15.4. The third-order valence-electron chi connectivity index (χ3n) is 4.08. The lowest BCUT2D eigenvalue weighted by Crippen LogP contribution is -2.04. The molecule has 0 aliphatic heterocycles. The maximum atomic E-state index is 13.7. The average molecular weight is 384 g/mol. The third-order valence-corrected chi connectivity index (χ3v) is 4.08. The van der Waals surface area contributed by atoms with Gasteiger partial charge in [-0.3, -0.25) is 9.48 Å². The predicted molar refractivity (Wildman–Crippen MR) is 100 cm³/mol. The van der Waals surface area contributed by atoms with Crippen molar-refractivity contribution >= 4 is 11.9 Å². The molecular formula is C21H18F2N2O3. The van der Waals surface area contributed by atoms with Crippen LogP contribution in [0.3, 0.4) is 0 Å². The van der Waals surface area contributed by atoms with Crippen LogP contribution in [0.4, 0.5) is 8.78 Å². The van der Waals surface area contributed by atoms with Crippen LogP contribution in [-0.4, -0.2) is 22.7 Å². The third kappa shape index (κ3) is 4.43. The smallest absolute Gasteiger partial charge is 0.203 e. The number of carbonyl (C=O) groups excluding carboxylic acids is 1. The molecule has 144 valence electrons. The van der Waals surface area contributed by atoms with E-state index in [0.717, 1.165) is 17.7 Å². The highest BCUT2D eigenvalue weighted by molar-refractivity contribution is 6.05. The number of nitrogens with zero attached hydrogens (tertiary/aromatic N) is 2. The van der Waals surface area contributed by atoms with Crippen LogP contribution in [0.5, 0.6) is 11.5 Å². The summed E-state index contributed by atoms with van der Waals surface area (Å²) >= 11 is 0. The van der Waals surface area contributed by atoms with Crippen molar-refractivity contribution < 1.29 is 23.0 Å². The van der Waals surface area contributed by atoms with E-state index in [0.29, 0.717) is 17.0 Å². The maximum absolute atomic E-state index is 13.7. The number of ketones is 1. The van der Waals surface area contributed by atoms with E-state index >= 15 is 0 Å². The predicted octanol–water partition coefficient (Wildman–Crippen LogP) is 4.18. The summed E-state index contributed by atoms with van der Waals surface area (Å²) in [5.74, 6) is -1.14. The molecule has 0 aliphatic rings. The number of halogens is 2. The number of methoxy groups -OCH3 is 1. The van der Waals surface area contributed by atoms with Crippen LogP contribution in [0.25, 0.3) is 6.08 Å². The minimum absolute atomic E-state index is 0.0169. The van der Waals surface area contributed by atoms with Gasteiger partial charge in [0.15, 0.2) is 11.6 Å². The van der Waals surface area contributed by atoms with Gasteiger partial charge in [-0.2, -0.15) is 5.10 Å². The molecule has 7 heteroatoms. The maximum Gasteiger partial charge on any atom is 0.203 e. The normalized spacial score (nSPS) is 11.0. The van der Waals surface area contributed by atoms with Crippen molar-refractivity contribution in [3.8, 4) is 11.5 Å². The van der Waals surface area contributed by atoms with Gasteiger partial charge in [0.2, 0.25) is 5.78 Å². The molecule has 0 saturated heterocycles. The number of ether oxygens (including phenoxy) is 2. The Kier molecular flexibility index (Phi) is 5.84. The van der Waals surface area contributed by atoms with Gasteiger partial charge in [0.25, 0.3) is 0 Å². The number of carbonyl (C=O) groups is 1. The number of aromatic nitrogens is 2. The van der Waals surface area contributed by atoms with E-state index in [1.54, 1.807) is 43.6 Å². The van der Waals surface area contributed by atoms with Crippen molar-refractivity contribution in [2.24, 2.45) is 7.05 Å². The van der Waals surface area contributed by atoms with Gasteiger partial charge in [-0.15, -0.1) is 0 Å². The lowest BCUT2D eigenvalue weighted by Gasteiger charge is -2.12. The number of hydrogen-bond donors (Lipinski definition) is 0. The Morgan fingerprint density at radius 3 is 2.61 bits per heavy atom. The lowest BCUT2D eigenvalue weighted by molar-refractivity contribution is 0.103. The van der Waals surface area contributed by atoms with Gasteiger partial charge in [0, 0.05) is 24.9 Å². The van der Waals surface area contributed by atoms with Crippen molar-refractivity contribution in [2.45, 2.75) is 6.61 Å². The highest BCUT2D eigenvalue weighted by Crippen LogP contribution is 2.24. The number of benzene rings is 2. The summed E-state index contributed by atoms with van der Waals surface area (Å²) < 4.78 is 39.0. The first kappa shape index (κ1) is 19.3. The fraction of sp³-hybridized carbons (Fsp3) is 0.143. The van der Waals surface area contributed by atoms with Crippen molar-refractivity contribution in [3.05, 3.63) is 83.2 Å². The molecule has 0 atom stereocenters. The van der Waals surface area contributed by atoms with E-state index in [9.17, 15) is 13.6 Å². The van der Waals surface area contributed by atoms with E-state index in [-0.39, 0.29) is 18.1 Å². The van der Waals surface area contributed by atoms with Crippen LogP contribution in [0.2, 0.25) is 0 Å². The summed E-state index contributed by atoms with van der Waals surface area (Å²) in [4.78, 5) is 12.2. The lowest BCUT2D eigenvalue weighted by atomic mass is 10.1. The molecule has 3 aromatic rings. The molecule has 5 nitrogen and oxygen atoms in total. The zero-order chi connectivity index (χ0) is 20.1. The summed E-state index contributed by atoms with van der Waals surface area (Å²) in [6, 6.07) is 10.0. The Morgan fingerprint density at radius 1 is 1.14 bits per heavy atom. The van der Waals surface area contributed by atoms with Gasteiger partial charge in [0.05, 0.1) is 7.11 Å². The Labute approximate surface area is 160 Å². The van der Waals surface area contributed by atoms with Crippen molar-refractivity contribution in [3.63, 3.8) is 0 Å². The summed E-state index contributed by atoms with van der Waals surface area (Å²) in [5, 5.41) is 3.97. The van der Waals surface area contributed by atoms with Gasteiger partial charge in [0.1, 0.15) is 23.9 Å². The standard InChI is InChI=1S/C21H18F2N2O3/c1-25-18(9-10-24-25)19(26)6-3-14-4-7-20(27-2)15(11-14)13-28-21-8-5-16(22)12-17(21)23/h3-12H,13H2,1-2H3.